The van der Waals surface area contributed by atoms with Crippen molar-refractivity contribution in [3.8, 4) is 0 Å². The number of aromatic nitrogens is 4. The number of hydrogen-bond acceptors (Lipinski definition) is 3. The lowest BCUT2D eigenvalue weighted by Crippen LogP contribution is -2.39. The zero-order valence-corrected chi connectivity index (χ0v) is 17.6. The van der Waals surface area contributed by atoms with Crippen molar-refractivity contribution in [1.82, 2.24) is 30.0 Å². The number of benzene rings is 1. The van der Waals surface area contributed by atoms with Crippen molar-refractivity contribution in [2.75, 3.05) is 20.1 Å². The van der Waals surface area contributed by atoms with Crippen molar-refractivity contribution in [1.29, 1.82) is 0 Å². The third-order valence-corrected chi connectivity index (χ3v) is 4.11. The minimum Gasteiger partial charge on any atom is -0.356 e. The van der Waals surface area contributed by atoms with Gasteiger partial charge in [0.05, 0.1) is 11.0 Å². The maximum Gasteiger partial charge on any atom is 0.191 e. The number of aliphatic imine (C=N–C) groups is 1. The molecule has 0 spiro atoms. The molecule has 7 nitrogen and oxygen atoms in total. The van der Waals surface area contributed by atoms with Crippen LogP contribution < -0.4 is 10.6 Å². The largest absolute Gasteiger partial charge is 0.356 e. The van der Waals surface area contributed by atoms with Crippen LogP contribution in [-0.2, 0) is 13.1 Å². The Hall–Kier alpha value is -2.10. The lowest BCUT2D eigenvalue weighted by atomic mass is 10.3. The highest BCUT2D eigenvalue weighted by molar-refractivity contribution is 14.0. The Kier molecular flexibility index (Phi) is 7.89. The van der Waals surface area contributed by atoms with Gasteiger partial charge in [-0.3, -0.25) is 9.67 Å². The third-order valence-electron chi connectivity index (χ3n) is 4.11. The van der Waals surface area contributed by atoms with E-state index in [1.165, 1.54) is 5.52 Å². The van der Waals surface area contributed by atoms with E-state index in [1.807, 2.05) is 42.1 Å². The summed E-state index contributed by atoms with van der Waals surface area (Å²) in [5.74, 6) is 1.85. The van der Waals surface area contributed by atoms with Gasteiger partial charge in [0.2, 0.25) is 0 Å². The van der Waals surface area contributed by atoms with Crippen LogP contribution in [0.2, 0.25) is 0 Å². The zero-order chi connectivity index (χ0) is 17.5. The summed E-state index contributed by atoms with van der Waals surface area (Å²) in [6.07, 6.45) is 4.77. The molecule has 140 valence electrons. The summed E-state index contributed by atoms with van der Waals surface area (Å²) >= 11 is 0. The Balaban J connectivity index is 0.00000243. The van der Waals surface area contributed by atoms with Gasteiger partial charge in [-0.1, -0.05) is 12.1 Å². The van der Waals surface area contributed by atoms with E-state index in [9.17, 15) is 0 Å². The van der Waals surface area contributed by atoms with Crippen LogP contribution in [0.25, 0.3) is 11.0 Å². The van der Waals surface area contributed by atoms with Gasteiger partial charge in [0, 0.05) is 45.6 Å². The van der Waals surface area contributed by atoms with E-state index in [1.54, 1.807) is 13.2 Å². The van der Waals surface area contributed by atoms with Crippen LogP contribution in [0.1, 0.15) is 12.2 Å². The average Bonchev–Trinajstić information content (AvgIpc) is 3.25. The van der Waals surface area contributed by atoms with Gasteiger partial charge in [-0.25, -0.2) is 4.98 Å². The molecule has 0 aliphatic carbocycles. The van der Waals surface area contributed by atoms with Crippen LogP contribution in [0.15, 0.2) is 47.7 Å². The van der Waals surface area contributed by atoms with Crippen LogP contribution in [0, 0.1) is 6.92 Å². The van der Waals surface area contributed by atoms with Crippen LogP contribution in [-0.4, -0.2) is 45.4 Å². The lowest BCUT2D eigenvalue weighted by molar-refractivity contribution is 0.569. The first kappa shape index (κ1) is 20.2. The van der Waals surface area contributed by atoms with E-state index in [2.05, 4.69) is 36.3 Å². The number of para-hydroxylation sites is 2. The van der Waals surface area contributed by atoms with Gasteiger partial charge in [0.1, 0.15) is 5.82 Å². The number of halogens is 1. The number of imidazole rings is 1. The van der Waals surface area contributed by atoms with Crippen LogP contribution in [0.3, 0.4) is 0 Å². The molecule has 0 bridgehead atoms. The molecule has 0 fully saturated rings. The minimum absolute atomic E-state index is 0. The molecule has 0 atom stereocenters. The summed E-state index contributed by atoms with van der Waals surface area (Å²) in [4.78, 5) is 8.87. The molecular formula is C18H26IN7. The zero-order valence-electron chi connectivity index (χ0n) is 15.2. The number of nitrogens with one attached hydrogen (secondary N) is 2. The molecule has 2 aromatic heterocycles. The molecule has 1 aromatic carbocycles. The molecule has 0 aliphatic heterocycles. The van der Waals surface area contributed by atoms with Crippen molar-refractivity contribution >= 4 is 41.0 Å². The first-order valence-corrected chi connectivity index (χ1v) is 8.62. The fraction of sp³-hybridized carbons (Fsp3) is 0.389. The van der Waals surface area contributed by atoms with Crippen molar-refractivity contribution in [2.24, 2.45) is 4.99 Å². The Morgan fingerprint density at radius 1 is 1.12 bits per heavy atom. The predicted molar refractivity (Wildman–Crippen MR) is 116 cm³/mol. The fourth-order valence-corrected chi connectivity index (χ4v) is 2.87. The molecule has 0 radical (unpaired) electrons. The van der Waals surface area contributed by atoms with Gasteiger partial charge in [0.25, 0.3) is 0 Å². The Morgan fingerprint density at radius 3 is 2.69 bits per heavy atom. The van der Waals surface area contributed by atoms with Gasteiger partial charge in [-0.15, -0.1) is 24.0 Å². The Bertz CT molecular complexity index is 823. The Labute approximate surface area is 170 Å². The molecule has 0 saturated heterocycles. The highest BCUT2D eigenvalue weighted by Gasteiger charge is 2.06. The summed E-state index contributed by atoms with van der Waals surface area (Å²) in [5, 5.41) is 10.9. The highest BCUT2D eigenvalue weighted by Crippen LogP contribution is 2.14. The molecule has 0 amide bonds. The summed E-state index contributed by atoms with van der Waals surface area (Å²) in [6, 6.07) is 10.2. The highest BCUT2D eigenvalue weighted by atomic mass is 127. The SMILES string of the molecule is CN=C(NCCCn1cccn1)NCCn1c(C)nc2ccccc21.I. The van der Waals surface area contributed by atoms with E-state index >= 15 is 0 Å². The maximum atomic E-state index is 4.60. The van der Waals surface area contributed by atoms with E-state index in [0.29, 0.717) is 0 Å². The quantitative estimate of drug-likeness (QED) is 0.242. The fourth-order valence-electron chi connectivity index (χ4n) is 2.87. The number of aryl methyl sites for hydroxylation is 2. The van der Waals surface area contributed by atoms with E-state index in [-0.39, 0.29) is 24.0 Å². The molecule has 0 aliphatic rings. The van der Waals surface area contributed by atoms with Crippen molar-refractivity contribution in [3.05, 3.63) is 48.5 Å². The van der Waals surface area contributed by atoms with Crippen LogP contribution in [0.4, 0.5) is 0 Å². The standard InChI is InChI=1S/C18H25N7.HI/c1-15-23-16-7-3-4-8-17(16)25(15)14-11-21-18(19-2)20-9-5-12-24-13-6-10-22-24;/h3-4,6-8,10,13H,5,9,11-12,14H2,1-2H3,(H2,19,20,21);1H. The molecule has 0 unspecified atom stereocenters. The Morgan fingerprint density at radius 2 is 1.92 bits per heavy atom. The topological polar surface area (TPSA) is 72.1 Å². The lowest BCUT2D eigenvalue weighted by Gasteiger charge is -2.13. The van der Waals surface area contributed by atoms with E-state index in [0.717, 1.165) is 49.9 Å². The molecular weight excluding hydrogens is 441 g/mol. The van der Waals surface area contributed by atoms with Crippen molar-refractivity contribution in [2.45, 2.75) is 26.4 Å². The van der Waals surface area contributed by atoms with Crippen molar-refractivity contribution in [3.63, 3.8) is 0 Å². The second-order valence-electron chi connectivity index (χ2n) is 5.85. The van der Waals surface area contributed by atoms with Gasteiger partial charge in [-0.05, 0) is 31.5 Å². The van der Waals surface area contributed by atoms with Crippen molar-refractivity contribution < 1.29 is 0 Å². The number of nitrogens with zero attached hydrogens (tertiary/aromatic N) is 5. The second kappa shape index (κ2) is 10.1. The number of rotatable bonds is 7. The van der Waals surface area contributed by atoms with Gasteiger partial charge in [-0.2, -0.15) is 5.10 Å². The van der Waals surface area contributed by atoms with Gasteiger partial charge in [0.15, 0.2) is 5.96 Å². The van der Waals surface area contributed by atoms with Crippen LogP contribution in [0.5, 0.6) is 0 Å². The average molecular weight is 467 g/mol. The number of hydrogen-bond donors (Lipinski definition) is 2. The first-order chi connectivity index (χ1) is 12.3. The summed E-state index contributed by atoms with van der Waals surface area (Å²) in [5.41, 5.74) is 2.21. The third kappa shape index (κ3) is 5.20. The molecule has 2 N–H and O–H groups in total. The van der Waals surface area contributed by atoms with Gasteiger partial charge >= 0.3 is 0 Å². The normalized spacial score (nSPS) is 11.4. The van der Waals surface area contributed by atoms with Gasteiger partial charge < -0.3 is 15.2 Å². The monoisotopic (exact) mass is 467 g/mol. The van der Waals surface area contributed by atoms with Crippen LogP contribution >= 0.6 is 24.0 Å². The minimum atomic E-state index is 0. The molecule has 26 heavy (non-hydrogen) atoms. The maximum absolute atomic E-state index is 4.60. The smallest absolute Gasteiger partial charge is 0.191 e. The number of fused-ring (bicyclic) bond motifs is 1. The molecule has 2 heterocycles. The second-order valence-corrected chi connectivity index (χ2v) is 5.85. The molecule has 8 heteroatoms. The number of guanidine groups is 1. The van der Waals surface area contributed by atoms with E-state index < -0.39 is 0 Å². The first-order valence-electron chi connectivity index (χ1n) is 8.62. The summed E-state index contributed by atoms with van der Waals surface area (Å²) in [7, 11) is 1.79. The predicted octanol–water partition coefficient (Wildman–Crippen LogP) is 2.41. The summed E-state index contributed by atoms with van der Waals surface area (Å²) in [6.45, 7) is 5.44. The summed E-state index contributed by atoms with van der Waals surface area (Å²) < 4.78 is 4.16. The molecule has 3 rings (SSSR count). The van der Waals surface area contributed by atoms with E-state index in [4.69, 9.17) is 0 Å². The molecule has 3 aromatic rings. The molecule has 0 saturated carbocycles.